The van der Waals surface area contributed by atoms with Crippen molar-refractivity contribution in [3.63, 3.8) is 0 Å². The Morgan fingerprint density at radius 3 is 2.10 bits per heavy atom. The second kappa shape index (κ2) is 11.3. The van der Waals surface area contributed by atoms with Crippen LogP contribution in [0.4, 0.5) is 11.4 Å². The van der Waals surface area contributed by atoms with Crippen LogP contribution in [0.2, 0.25) is 0 Å². The Hall–Kier alpha value is -2.92. The molecule has 228 valence electrons. The molecular weight excluding hydrogens is 609 g/mol. The molecule has 0 aromatic heterocycles. The summed E-state index contributed by atoms with van der Waals surface area (Å²) in [4.78, 5) is 4.10. The molecule has 42 heavy (non-hydrogen) atoms. The molecule has 15 heteroatoms. The molecule has 0 amide bonds. The number of methoxy groups -OCH3 is 1. The fourth-order valence-electron chi connectivity index (χ4n) is 5.41. The Morgan fingerprint density at radius 2 is 1.50 bits per heavy atom. The number of aliphatic imine (C=N–C) groups is 1. The number of ether oxygens (including phenoxy) is 1. The minimum absolute atomic E-state index is 0.0564. The number of rotatable bonds is 11. The van der Waals surface area contributed by atoms with E-state index in [1.54, 1.807) is 38.3 Å². The molecule has 2 unspecified atom stereocenters. The van der Waals surface area contributed by atoms with E-state index in [0.29, 0.717) is 41.2 Å². The third-order valence-corrected chi connectivity index (χ3v) is 10.3. The van der Waals surface area contributed by atoms with Crippen LogP contribution in [0.5, 0.6) is 0 Å². The van der Waals surface area contributed by atoms with Crippen molar-refractivity contribution in [3.8, 4) is 0 Å². The average Bonchev–Trinajstić information content (AvgIpc) is 3.31. The summed E-state index contributed by atoms with van der Waals surface area (Å²) < 4.78 is 104. The number of hydrogen-bond donors (Lipinski definition) is 4. The predicted octanol–water partition coefficient (Wildman–Crippen LogP) is 4.05. The Balaban J connectivity index is 1.72. The number of fused-ring (bicyclic) bond motifs is 2. The quantitative estimate of drug-likeness (QED) is 0.259. The zero-order valence-electron chi connectivity index (χ0n) is 23.1. The summed E-state index contributed by atoms with van der Waals surface area (Å²) in [6.45, 7) is 4.05. The fourth-order valence-corrected chi connectivity index (χ4v) is 6.94. The van der Waals surface area contributed by atoms with Gasteiger partial charge >= 0.3 is 0 Å². The van der Waals surface area contributed by atoms with Gasteiger partial charge in [-0.3, -0.25) is 18.7 Å². The number of benzene rings is 2. The van der Waals surface area contributed by atoms with Crippen molar-refractivity contribution in [2.24, 2.45) is 4.99 Å². The van der Waals surface area contributed by atoms with Gasteiger partial charge in [0.2, 0.25) is 0 Å². The van der Waals surface area contributed by atoms with Gasteiger partial charge in [0.25, 0.3) is 30.4 Å². The van der Waals surface area contributed by atoms with Crippen LogP contribution >= 0.6 is 0 Å². The maximum atomic E-state index is 11.8. The van der Waals surface area contributed by atoms with E-state index in [-0.39, 0.29) is 22.6 Å². The molecule has 0 saturated heterocycles. The Morgan fingerprint density at radius 1 is 0.881 bits per heavy atom. The van der Waals surface area contributed by atoms with Crippen molar-refractivity contribution in [2.75, 3.05) is 24.8 Å². The first kappa shape index (κ1) is 32.0. The Bertz CT molecular complexity index is 1830. The second-order valence-corrected chi connectivity index (χ2v) is 15.1. The van der Waals surface area contributed by atoms with Crippen LogP contribution in [-0.4, -0.2) is 64.1 Å². The number of nitrogens with one attached hydrogen (secondary N) is 1. The van der Waals surface area contributed by atoms with Crippen LogP contribution in [0.3, 0.4) is 0 Å². The lowest BCUT2D eigenvalue weighted by Crippen LogP contribution is -2.29. The summed E-state index contributed by atoms with van der Waals surface area (Å²) in [7, 11) is -11.6. The van der Waals surface area contributed by atoms with Crippen molar-refractivity contribution < 1.29 is 43.6 Å². The molecule has 0 bridgehead atoms. The van der Waals surface area contributed by atoms with E-state index in [4.69, 9.17) is 4.74 Å². The van der Waals surface area contributed by atoms with Crippen LogP contribution in [-0.2, 0) is 45.9 Å². The van der Waals surface area contributed by atoms with Crippen molar-refractivity contribution in [1.82, 2.24) is 0 Å². The summed E-state index contributed by atoms with van der Waals surface area (Å²) in [6, 6.07) is 8.30. The van der Waals surface area contributed by atoms with Gasteiger partial charge in [-0.05, 0) is 92.8 Å². The topological polar surface area (TPSA) is 197 Å². The largest absolute Gasteiger partial charge is 0.385 e. The van der Waals surface area contributed by atoms with Crippen LogP contribution in [0.25, 0.3) is 0 Å². The molecule has 12 nitrogen and oxygen atoms in total. The van der Waals surface area contributed by atoms with Gasteiger partial charge in [0, 0.05) is 35.9 Å². The number of nitrogens with zero attached hydrogens (tertiary/aromatic N) is 1. The standard InChI is InChI=1S/C27H32N2O10S3/c1-26(12-5-15-40(30,31)32)20-16-18(41(33,34)35)8-10-22(20)28-24(26)6-4-7-25-27(2,13-14-39-3)21-17-19(42(36,37)38)9-11-23(21)29-25/h4,6-11,16-17,29H,5,12-15H2,1-3H3,(H,30,31,32)(H,33,34,35)(H,36,37,38)/b6-4+,25-7+. The molecule has 2 aromatic carbocycles. The zero-order valence-corrected chi connectivity index (χ0v) is 25.6. The average molecular weight is 641 g/mol. The molecule has 2 aliphatic heterocycles. The Kier molecular flexibility index (Phi) is 8.61. The highest BCUT2D eigenvalue weighted by molar-refractivity contribution is 7.86. The van der Waals surface area contributed by atoms with Crippen LogP contribution in [0.1, 0.15) is 44.2 Å². The van der Waals surface area contributed by atoms with Gasteiger partial charge in [-0.25, -0.2) is 0 Å². The van der Waals surface area contributed by atoms with E-state index in [2.05, 4.69) is 10.3 Å². The molecule has 0 fully saturated rings. The zero-order chi connectivity index (χ0) is 31.1. The van der Waals surface area contributed by atoms with E-state index in [0.717, 1.165) is 5.70 Å². The highest BCUT2D eigenvalue weighted by Gasteiger charge is 2.40. The SMILES string of the molecule is COCCC1(C)/C(=C\C=C\C2=Nc3ccc(S(=O)(=O)O)cc3C2(C)CCCS(=O)(=O)O)Nc2ccc(S(=O)(=O)O)cc21. The van der Waals surface area contributed by atoms with Gasteiger partial charge in [-0.1, -0.05) is 6.08 Å². The molecule has 2 aliphatic rings. The molecule has 2 heterocycles. The molecule has 0 saturated carbocycles. The first-order chi connectivity index (χ1) is 19.4. The Labute approximate surface area is 245 Å². The lowest BCUT2D eigenvalue weighted by molar-refractivity contribution is 0.179. The monoisotopic (exact) mass is 640 g/mol. The van der Waals surface area contributed by atoms with Crippen molar-refractivity contribution in [3.05, 3.63) is 71.5 Å². The minimum Gasteiger partial charge on any atom is -0.385 e. The summed E-state index contributed by atoms with van der Waals surface area (Å²) >= 11 is 0. The highest BCUT2D eigenvalue weighted by Crippen LogP contribution is 2.47. The second-order valence-electron chi connectivity index (χ2n) is 10.7. The maximum Gasteiger partial charge on any atom is 0.294 e. The van der Waals surface area contributed by atoms with Gasteiger partial charge in [-0.2, -0.15) is 25.3 Å². The number of hydrogen-bond acceptors (Lipinski definition) is 9. The van der Waals surface area contributed by atoms with Gasteiger partial charge in [0.1, 0.15) is 0 Å². The van der Waals surface area contributed by atoms with E-state index in [9.17, 15) is 38.9 Å². The van der Waals surface area contributed by atoms with Gasteiger partial charge in [0.05, 0.1) is 26.9 Å². The van der Waals surface area contributed by atoms with Gasteiger partial charge < -0.3 is 10.1 Å². The fraction of sp³-hybridized carbons (Fsp3) is 0.370. The first-order valence-corrected chi connectivity index (χ1v) is 17.3. The molecule has 0 radical (unpaired) electrons. The summed E-state index contributed by atoms with van der Waals surface area (Å²) in [5.74, 6) is -0.497. The van der Waals surface area contributed by atoms with Crippen molar-refractivity contribution >= 4 is 47.4 Å². The van der Waals surface area contributed by atoms with Crippen LogP contribution < -0.4 is 5.32 Å². The van der Waals surface area contributed by atoms with Gasteiger partial charge in [0.15, 0.2) is 0 Å². The number of allylic oxidation sites excluding steroid dienone is 4. The van der Waals surface area contributed by atoms with E-state index >= 15 is 0 Å². The molecule has 0 aliphatic carbocycles. The summed E-state index contributed by atoms with van der Waals surface area (Å²) in [5, 5.41) is 3.30. The summed E-state index contributed by atoms with van der Waals surface area (Å²) in [5.41, 5.74) is 1.82. The van der Waals surface area contributed by atoms with E-state index in [1.165, 1.54) is 30.3 Å². The third-order valence-electron chi connectivity index (χ3n) is 7.82. The van der Waals surface area contributed by atoms with E-state index < -0.39 is 46.9 Å². The smallest absolute Gasteiger partial charge is 0.294 e. The lowest BCUT2D eigenvalue weighted by atomic mass is 9.75. The van der Waals surface area contributed by atoms with Gasteiger partial charge in [-0.15, -0.1) is 0 Å². The third kappa shape index (κ3) is 6.51. The normalized spacial score (nSPS) is 23.2. The summed E-state index contributed by atoms with van der Waals surface area (Å²) in [6.07, 6.45) is 5.95. The predicted molar refractivity (Wildman–Crippen MR) is 157 cm³/mol. The van der Waals surface area contributed by atoms with Crippen molar-refractivity contribution in [1.29, 1.82) is 0 Å². The van der Waals surface area contributed by atoms with Crippen LogP contribution in [0.15, 0.2) is 75.1 Å². The lowest BCUT2D eigenvalue weighted by Gasteiger charge is -2.27. The molecular formula is C27H32N2O10S3. The maximum absolute atomic E-state index is 11.8. The molecule has 4 rings (SSSR count). The molecule has 0 spiro atoms. The molecule has 4 N–H and O–H groups in total. The van der Waals surface area contributed by atoms with E-state index in [1.807, 2.05) is 6.92 Å². The molecule has 2 atom stereocenters. The van der Waals surface area contributed by atoms with Crippen molar-refractivity contribution in [2.45, 2.75) is 53.7 Å². The number of anilines is 1. The highest BCUT2D eigenvalue weighted by atomic mass is 32.2. The first-order valence-electron chi connectivity index (χ1n) is 12.8. The van der Waals surface area contributed by atoms with Crippen LogP contribution in [0, 0.1) is 0 Å². The molecule has 2 aromatic rings. The minimum atomic E-state index is -4.51.